The van der Waals surface area contributed by atoms with Gasteiger partial charge in [0, 0.05) is 19.1 Å². The first-order valence-electron chi connectivity index (χ1n) is 9.32. The van der Waals surface area contributed by atoms with Crippen LogP contribution in [-0.2, 0) is 18.8 Å². The molecule has 0 bridgehead atoms. The van der Waals surface area contributed by atoms with Gasteiger partial charge in [0.2, 0.25) is 0 Å². The van der Waals surface area contributed by atoms with Crippen molar-refractivity contribution in [1.29, 1.82) is 0 Å². The highest BCUT2D eigenvalue weighted by Crippen LogP contribution is 2.41. The fourth-order valence-electron chi connectivity index (χ4n) is 4.17. The molecule has 2 heterocycles. The standard InChI is InChI=1S/C21H21F3N2O3/c1-12-10-20(28,14-4-6-15(7-5-14)21(22,23)24)11-16(25-12)13-3-8-18-17(9-13)26(2)19(27)29-18/h3-9,12,16,25,28H,10-11H2,1-2H3/t12-,16-,20?/m0/s1. The van der Waals surface area contributed by atoms with Crippen LogP contribution in [0.4, 0.5) is 13.2 Å². The number of hydrogen-bond acceptors (Lipinski definition) is 4. The summed E-state index contributed by atoms with van der Waals surface area (Å²) in [6.45, 7) is 1.92. The second-order valence-electron chi connectivity index (χ2n) is 7.79. The van der Waals surface area contributed by atoms with E-state index in [9.17, 15) is 23.1 Å². The van der Waals surface area contributed by atoms with Gasteiger partial charge in [0.25, 0.3) is 0 Å². The number of piperidine rings is 1. The lowest BCUT2D eigenvalue weighted by molar-refractivity contribution is -0.137. The maximum Gasteiger partial charge on any atom is 0.419 e. The Hall–Kier alpha value is -2.58. The van der Waals surface area contributed by atoms with Crippen molar-refractivity contribution in [3.8, 4) is 0 Å². The van der Waals surface area contributed by atoms with Gasteiger partial charge in [-0.1, -0.05) is 18.2 Å². The molecule has 29 heavy (non-hydrogen) atoms. The zero-order chi connectivity index (χ0) is 21.0. The van der Waals surface area contributed by atoms with Gasteiger partial charge in [-0.15, -0.1) is 0 Å². The van der Waals surface area contributed by atoms with Gasteiger partial charge in [-0.3, -0.25) is 4.57 Å². The Bertz CT molecular complexity index is 1100. The fraction of sp³-hybridized carbons (Fsp3) is 0.381. The van der Waals surface area contributed by atoms with Crippen LogP contribution < -0.4 is 11.1 Å². The van der Waals surface area contributed by atoms with Crippen molar-refractivity contribution < 1.29 is 22.7 Å². The van der Waals surface area contributed by atoms with E-state index in [1.54, 1.807) is 13.1 Å². The number of oxazole rings is 1. The first kappa shape index (κ1) is 19.7. The second kappa shape index (κ2) is 6.74. The third kappa shape index (κ3) is 3.58. The van der Waals surface area contributed by atoms with Gasteiger partial charge in [0.1, 0.15) is 0 Å². The zero-order valence-corrected chi connectivity index (χ0v) is 16.0. The summed E-state index contributed by atoms with van der Waals surface area (Å²) in [6, 6.07) is 9.78. The Morgan fingerprint density at radius 2 is 1.86 bits per heavy atom. The molecule has 1 aliphatic heterocycles. The van der Waals surface area contributed by atoms with E-state index in [2.05, 4.69) is 5.32 Å². The third-order valence-electron chi connectivity index (χ3n) is 5.64. The van der Waals surface area contributed by atoms with Gasteiger partial charge < -0.3 is 14.8 Å². The molecule has 0 aliphatic carbocycles. The average molecular weight is 406 g/mol. The van der Waals surface area contributed by atoms with E-state index in [1.807, 2.05) is 19.1 Å². The van der Waals surface area contributed by atoms with E-state index in [1.165, 1.54) is 16.7 Å². The average Bonchev–Trinajstić information content (AvgIpc) is 2.94. The van der Waals surface area contributed by atoms with Crippen molar-refractivity contribution >= 4 is 11.1 Å². The van der Waals surface area contributed by atoms with Gasteiger partial charge in [0.05, 0.1) is 16.7 Å². The van der Waals surface area contributed by atoms with Gasteiger partial charge in [-0.2, -0.15) is 13.2 Å². The molecule has 0 amide bonds. The molecule has 1 unspecified atom stereocenters. The molecular formula is C21H21F3N2O3. The van der Waals surface area contributed by atoms with Crippen LogP contribution in [0.15, 0.2) is 51.7 Å². The minimum absolute atomic E-state index is 0.0649. The minimum atomic E-state index is -4.42. The molecule has 2 N–H and O–H groups in total. The number of nitrogens with one attached hydrogen (secondary N) is 1. The molecule has 1 aliphatic rings. The number of alkyl halides is 3. The van der Waals surface area contributed by atoms with Crippen molar-refractivity contribution in [2.24, 2.45) is 7.05 Å². The molecule has 4 rings (SSSR count). The largest absolute Gasteiger partial charge is 0.419 e. The van der Waals surface area contributed by atoms with E-state index in [4.69, 9.17) is 4.42 Å². The number of aryl methyl sites for hydroxylation is 1. The number of aliphatic hydroxyl groups is 1. The molecule has 5 nitrogen and oxygen atoms in total. The number of fused-ring (bicyclic) bond motifs is 1. The number of aromatic nitrogens is 1. The maximum atomic E-state index is 12.9. The SMILES string of the molecule is C[C@H]1CC(O)(c2ccc(C(F)(F)F)cc2)C[C@@H](c2ccc3oc(=O)n(C)c3c2)N1. The van der Waals surface area contributed by atoms with E-state index in [0.29, 0.717) is 29.5 Å². The first-order valence-corrected chi connectivity index (χ1v) is 9.32. The molecular weight excluding hydrogens is 385 g/mol. The lowest BCUT2D eigenvalue weighted by Gasteiger charge is -2.41. The van der Waals surface area contributed by atoms with E-state index in [0.717, 1.165) is 17.7 Å². The van der Waals surface area contributed by atoms with Crippen molar-refractivity contribution in [3.05, 3.63) is 69.7 Å². The molecule has 1 saturated heterocycles. The number of rotatable bonds is 2. The molecule has 1 aromatic heterocycles. The Labute approximate surface area is 164 Å². The fourth-order valence-corrected chi connectivity index (χ4v) is 4.17. The molecule has 1 fully saturated rings. The zero-order valence-electron chi connectivity index (χ0n) is 16.0. The van der Waals surface area contributed by atoms with Crippen LogP contribution in [0.5, 0.6) is 0 Å². The van der Waals surface area contributed by atoms with Crippen LogP contribution in [-0.4, -0.2) is 15.7 Å². The van der Waals surface area contributed by atoms with Crippen LogP contribution >= 0.6 is 0 Å². The number of halogens is 3. The highest BCUT2D eigenvalue weighted by atomic mass is 19.4. The summed E-state index contributed by atoms with van der Waals surface area (Å²) < 4.78 is 45.1. The predicted octanol–water partition coefficient (Wildman–Crippen LogP) is 3.85. The molecule has 0 spiro atoms. The minimum Gasteiger partial charge on any atom is -0.408 e. The van der Waals surface area contributed by atoms with Gasteiger partial charge in [-0.05, 0) is 55.2 Å². The Morgan fingerprint density at radius 3 is 2.52 bits per heavy atom. The van der Waals surface area contributed by atoms with Crippen molar-refractivity contribution in [2.75, 3.05) is 0 Å². The summed E-state index contributed by atoms with van der Waals surface area (Å²) in [6.07, 6.45) is -3.75. The first-order chi connectivity index (χ1) is 13.6. The number of nitrogens with zero attached hydrogens (tertiary/aromatic N) is 1. The second-order valence-corrected chi connectivity index (χ2v) is 7.79. The third-order valence-corrected chi connectivity index (χ3v) is 5.64. The molecule has 8 heteroatoms. The summed E-state index contributed by atoms with van der Waals surface area (Å²) in [5.74, 6) is -0.455. The summed E-state index contributed by atoms with van der Waals surface area (Å²) in [4.78, 5) is 11.7. The summed E-state index contributed by atoms with van der Waals surface area (Å²) in [7, 11) is 1.62. The molecule has 2 aromatic carbocycles. The highest BCUT2D eigenvalue weighted by molar-refractivity contribution is 5.73. The topological polar surface area (TPSA) is 67.4 Å². The van der Waals surface area contributed by atoms with E-state index in [-0.39, 0.29) is 12.1 Å². The van der Waals surface area contributed by atoms with E-state index >= 15 is 0 Å². The monoisotopic (exact) mass is 406 g/mol. The maximum absolute atomic E-state index is 12.9. The van der Waals surface area contributed by atoms with Gasteiger partial charge in [0.15, 0.2) is 5.58 Å². The smallest absolute Gasteiger partial charge is 0.408 e. The number of benzene rings is 2. The predicted molar refractivity (Wildman–Crippen MR) is 101 cm³/mol. The summed E-state index contributed by atoms with van der Waals surface area (Å²) in [5, 5.41) is 14.7. The molecule has 3 atom stereocenters. The quantitative estimate of drug-likeness (QED) is 0.679. The van der Waals surface area contributed by atoms with Crippen molar-refractivity contribution in [2.45, 2.75) is 43.6 Å². The number of hydrogen-bond donors (Lipinski definition) is 2. The lowest BCUT2D eigenvalue weighted by atomic mass is 9.77. The van der Waals surface area contributed by atoms with Crippen LogP contribution in [0.25, 0.3) is 11.1 Å². The Balaban J connectivity index is 1.67. The Kier molecular flexibility index (Phi) is 4.59. The van der Waals surface area contributed by atoms with E-state index < -0.39 is 23.1 Å². The van der Waals surface area contributed by atoms with Crippen LogP contribution in [0.2, 0.25) is 0 Å². The normalized spacial score (nSPS) is 25.4. The molecule has 3 aromatic rings. The highest BCUT2D eigenvalue weighted by Gasteiger charge is 2.40. The lowest BCUT2D eigenvalue weighted by Crippen LogP contribution is -2.46. The molecule has 0 radical (unpaired) electrons. The van der Waals surface area contributed by atoms with Crippen LogP contribution in [0.3, 0.4) is 0 Å². The molecule has 0 saturated carbocycles. The van der Waals surface area contributed by atoms with Crippen LogP contribution in [0.1, 0.15) is 42.5 Å². The van der Waals surface area contributed by atoms with Crippen molar-refractivity contribution in [3.63, 3.8) is 0 Å². The summed E-state index contributed by atoms with van der Waals surface area (Å²) >= 11 is 0. The molecule has 154 valence electrons. The van der Waals surface area contributed by atoms with Gasteiger partial charge >= 0.3 is 11.9 Å². The Morgan fingerprint density at radius 1 is 1.17 bits per heavy atom. The van der Waals surface area contributed by atoms with Crippen molar-refractivity contribution in [1.82, 2.24) is 9.88 Å². The van der Waals surface area contributed by atoms with Crippen LogP contribution in [0, 0.1) is 0 Å². The summed E-state index contributed by atoms with van der Waals surface area (Å²) in [5.41, 5.74) is 0.436. The van der Waals surface area contributed by atoms with Gasteiger partial charge in [-0.25, -0.2) is 4.79 Å².